The number of carbonyl (C=O) groups is 2. The summed E-state index contributed by atoms with van der Waals surface area (Å²) >= 11 is 0. The Balaban J connectivity index is 1.74. The van der Waals surface area contributed by atoms with Crippen molar-refractivity contribution in [3.8, 4) is 0 Å². The number of amides is 1. The van der Waals surface area contributed by atoms with Crippen LogP contribution in [0.1, 0.15) is 18.4 Å². The highest BCUT2D eigenvalue weighted by molar-refractivity contribution is 5.70. The maximum absolute atomic E-state index is 11.7. The molecular weight excluding hydrogens is 276 g/mol. The van der Waals surface area contributed by atoms with Crippen LogP contribution in [0.3, 0.4) is 0 Å². The number of carboxylic acids is 1. The Bertz CT molecular complexity index is 480. The molecule has 0 aliphatic carbocycles. The number of aliphatic carboxylic acids is 1. The van der Waals surface area contributed by atoms with Gasteiger partial charge in [-0.1, -0.05) is 30.3 Å². The molecule has 0 radical (unpaired) electrons. The van der Waals surface area contributed by atoms with Gasteiger partial charge in [0, 0.05) is 0 Å². The number of ether oxygens (including phenoxy) is 1. The van der Waals surface area contributed by atoms with Crippen molar-refractivity contribution in [2.45, 2.75) is 25.6 Å². The molecule has 0 aromatic heterocycles. The van der Waals surface area contributed by atoms with Gasteiger partial charge in [0.1, 0.15) is 12.8 Å². The fourth-order valence-corrected chi connectivity index (χ4v) is 1.96. The zero-order valence-electron chi connectivity index (χ0n) is 11.5. The Labute approximate surface area is 122 Å². The molecule has 1 saturated heterocycles. The number of hydrogen-bond donors (Lipinski definition) is 3. The van der Waals surface area contributed by atoms with Gasteiger partial charge in [-0.25, -0.2) is 4.79 Å². The first-order valence-electron chi connectivity index (χ1n) is 6.72. The Morgan fingerprint density at radius 3 is 2.81 bits per heavy atom. The number of nitrogens with one attached hydrogen (secondary N) is 2. The zero-order valence-corrected chi connectivity index (χ0v) is 11.5. The summed E-state index contributed by atoms with van der Waals surface area (Å²) in [6.07, 6.45) is -0.157. The Morgan fingerprint density at radius 2 is 2.10 bits per heavy atom. The highest BCUT2D eigenvalue weighted by atomic mass is 16.6. The van der Waals surface area contributed by atoms with E-state index in [2.05, 4.69) is 10.8 Å². The quantitative estimate of drug-likeness (QED) is 0.773. The molecule has 2 rings (SSSR count). The number of benzene rings is 1. The van der Waals surface area contributed by atoms with Gasteiger partial charge in [-0.3, -0.25) is 9.63 Å². The molecule has 1 aliphatic rings. The van der Waals surface area contributed by atoms with E-state index < -0.39 is 24.1 Å². The van der Waals surface area contributed by atoms with E-state index in [1.165, 1.54) is 0 Å². The number of rotatable bonds is 4. The van der Waals surface area contributed by atoms with Gasteiger partial charge in [0.15, 0.2) is 0 Å². The first kappa shape index (κ1) is 15.3. The van der Waals surface area contributed by atoms with Crippen LogP contribution in [0.4, 0.5) is 4.79 Å². The van der Waals surface area contributed by atoms with Gasteiger partial charge in [0.05, 0.1) is 12.5 Å². The first-order valence-corrected chi connectivity index (χ1v) is 6.72. The molecule has 3 N–H and O–H groups in total. The topological polar surface area (TPSA) is 96.9 Å². The average Bonchev–Trinajstić information content (AvgIpc) is 2.72. The van der Waals surface area contributed by atoms with Gasteiger partial charge in [0.2, 0.25) is 0 Å². The highest BCUT2D eigenvalue weighted by Gasteiger charge is 2.25. The highest BCUT2D eigenvalue weighted by Crippen LogP contribution is 2.12. The summed E-state index contributed by atoms with van der Waals surface area (Å²) in [6.45, 7) is 0.255. The molecule has 0 bridgehead atoms. The molecule has 0 spiro atoms. The van der Waals surface area contributed by atoms with Gasteiger partial charge < -0.3 is 15.2 Å². The number of hydrogen-bond acceptors (Lipinski definition) is 5. The van der Waals surface area contributed by atoms with Crippen LogP contribution < -0.4 is 10.8 Å². The molecule has 1 amide bonds. The maximum Gasteiger partial charge on any atom is 0.408 e. The van der Waals surface area contributed by atoms with E-state index in [9.17, 15) is 9.59 Å². The third-order valence-electron chi connectivity index (χ3n) is 3.17. The molecule has 0 saturated carbocycles. The molecule has 1 aromatic rings. The minimum absolute atomic E-state index is 0.0760. The van der Waals surface area contributed by atoms with E-state index in [1.807, 2.05) is 30.3 Å². The Hall–Kier alpha value is -2.12. The molecule has 1 aliphatic heterocycles. The lowest BCUT2D eigenvalue weighted by Gasteiger charge is -2.16. The minimum Gasteiger partial charge on any atom is -0.481 e. The van der Waals surface area contributed by atoms with Crippen molar-refractivity contribution < 1.29 is 24.3 Å². The van der Waals surface area contributed by atoms with Crippen molar-refractivity contribution in [1.29, 1.82) is 0 Å². The molecular formula is C14H18N2O5. The second-order valence-corrected chi connectivity index (χ2v) is 4.80. The summed E-state index contributed by atoms with van der Waals surface area (Å²) in [5.41, 5.74) is 3.51. The van der Waals surface area contributed by atoms with Crippen molar-refractivity contribution in [3.05, 3.63) is 35.9 Å². The fraction of sp³-hybridized carbons (Fsp3) is 0.429. The minimum atomic E-state index is -0.899. The number of carbonyl (C=O) groups excluding carboxylic acids is 1. The predicted octanol–water partition coefficient (Wildman–Crippen LogP) is 1.25. The standard InChI is InChI=1S/C14H18N2O5/c17-13(18)11-6-7-12(16-21-9-11)15-14(19)20-8-10-4-2-1-3-5-10/h1-5,11-12,16H,6-9H2,(H,15,19)(H,17,18). The second-order valence-electron chi connectivity index (χ2n) is 4.80. The fourth-order valence-electron chi connectivity index (χ4n) is 1.96. The van der Waals surface area contributed by atoms with Crippen molar-refractivity contribution in [3.63, 3.8) is 0 Å². The van der Waals surface area contributed by atoms with E-state index in [4.69, 9.17) is 14.7 Å². The molecule has 114 valence electrons. The lowest BCUT2D eigenvalue weighted by Crippen LogP contribution is -2.44. The lowest BCUT2D eigenvalue weighted by molar-refractivity contribution is -0.144. The van der Waals surface area contributed by atoms with Gasteiger partial charge in [0.25, 0.3) is 0 Å². The van der Waals surface area contributed by atoms with E-state index in [-0.39, 0.29) is 13.2 Å². The van der Waals surface area contributed by atoms with E-state index in [0.717, 1.165) is 5.56 Å². The van der Waals surface area contributed by atoms with Gasteiger partial charge in [-0.2, -0.15) is 5.48 Å². The van der Waals surface area contributed by atoms with E-state index >= 15 is 0 Å². The zero-order chi connectivity index (χ0) is 15.1. The monoisotopic (exact) mass is 294 g/mol. The number of alkyl carbamates (subject to hydrolysis) is 1. The number of hydroxylamine groups is 1. The van der Waals surface area contributed by atoms with Crippen LogP contribution in [0.5, 0.6) is 0 Å². The van der Waals surface area contributed by atoms with Crippen molar-refractivity contribution in [1.82, 2.24) is 10.8 Å². The molecule has 7 nitrogen and oxygen atoms in total. The van der Waals surface area contributed by atoms with Crippen molar-refractivity contribution >= 4 is 12.1 Å². The van der Waals surface area contributed by atoms with Gasteiger partial charge in [-0.15, -0.1) is 0 Å². The summed E-state index contributed by atoms with van der Waals surface area (Å²) in [5, 5.41) is 11.5. The van der Waals surface area contributed by atoms with Crippen LogP contribution in [-0.2, 0) is 21.0 Å². The maximum atomic E-state index is 11.7. The molecule has 2 unspecified atom stereocenters. The van der Waals surface area contributed by atoms with Crippen LogP contribution in [0.15, 0.2) is 30.3 Å². The molecule has 7 heteroatoms. The van der Waals surface area contributed by atoms with Crippen LogP contribution in [0, 0.1) is 5.92 Å². The summed E-state index contributed by atoms with van der Waals surface area (Å²) in [4.78, 5) is 27.6. The lowest BCUT2D eigenvalue weighted by atomic mass is 10.0. The summed E-state index contributed by atoms with van der Waals surface area (Å²) in [6, 6.07) is 9.33. The van der Waals surface area contributed by atoms with Crippen LogP contribution in [-0.4, -0.2) is 29.9 Å². The largest absolute Gasteiger partial charge is 0.481 e. The summed E-state index contributed by atoms with van der Waals surface area (Å²) in [7, 11) is 0. The first-order chi connectivity index (χ1) is 10.1. The SMILES string of the molecule is O=C(NC1CCC(C(=O)O)CON1)OCc1ccccc1. The molecule has 21 heavy (non-hydrogen) atoms. The predicted molar refractivity (Wildman–Crippen MR) is 73.0 cm³/mol. The van der Waals surface area contributed by atoms with E-state index in [1.54, 1.807) is 0 Å². The van der Waals surface area contributed by atoms with Gasteiger partial charge >= 0.3 is 12.1 Å². The summed E-state index contributed by atoms with van der Waals surface area (Å²) < 4.78 is 5.08. The van der Waals surface area contributed by atoms with Gasteiger partial charge in [-0.05, 0) is 18.4 Å². The third kappa shape index (κ3) is 5.05. The van der Waals surface area contributed by atoms with E-state index in [0.29, 0.717) is 12.8 Å². The normalized spacial score (nSPS) is 22.1. The summed E-state index contributed by atoms with van der Waals surface area (Å²) in [5.74, 6) is -1.46. The van der Waals surface area contributed by atoms with Crippen LogP contribution in [0.2, 0.25) is 0 Å². The molecule has 2 atom stereocenters. The second kappa shape index (κ2) is 7.61. The molecule has 1 aromatic carbocycles. The Morgan fingerprint density at radius 1 is 1.33 bits per heavy atom. The van der Waals surface area contributed by atoms with Crippen LogP contribution >= 0.6 is 0 Å². The average molecular weight is 294 g/mol. The Kier molecular flexibility index (Phi) is 5.53. The molecule has 1 fully saturated rings. The van der Waals surface area contributed by atoms with Crippen LogP contribution in [0.25, 0.3) is 0 Å². The number of carboxylic acid groups (broad SMARTS) is 1. The third-order valence-corrected chi connectivity index (χ3v) is 3.17. The van der Waals surface area contributed by atoms with Crippen molar-refractivity contribution in [2.24, 2.45) is 5.92 Å². The van der Waals surface area contributed by atoms with Crippen molar-refractivity contribution in [2.75, 3.05) is 6.61 Å². The molecule has 1 heterocycles. The smallest absolute Gasteiger partial charge is 0.408 e.